The molecule has 0 bridgehead atoms. The summed E-state index contributed by atoms with van der Waals surface area (Å²) in [5, 5.41) is 0. The van der Waals surface area contributed by atoms with Crippen molar-refractivity contribution in [2.24, 2.45) is 0 Å². The van der Waals surface area contributed by atoms with Crippen molar-refractivity contribution in [1.29, 1.82) is 0 Å². The van der Waals surface area contributed by atoms with Gasteiger partial charge in [0.2, 0.25) is 0 Å². The summed E-state index contributed by atoms with van der Waals surface area (Å²) in [4.78, 5) is 36.9. The second-order valence-electron chi connectivity index (χ2n) is 5.82. The van der Waals surface area contributed by atoms with Crippen LogP contribution in [0.5, 0.6) is 0 Å². The molecule has 7 heteroatoms. The van der Waals surface area contributed by atoms with Crippen LogP contribution in [0.1, 0.15) is 20.9 Å². The molecule has 7 nitrogen and oxygen atoms in total. The van der Waals surface area contributed by atoms with E-state index in [1.807, 2.05) is 0 Å². The molecule has 0 saturated carbocycles. The summed E-state index contributed by atoms with van der Waals surface area (Å²) >= 11 is 0. The summed E-state index contributed by atoms with van der Waals surface area (Å²) in [6.45, 7) is 1.95. The van der Waals surface area contributed by atoms with Gasteiger partial charge in [-0.25, -0.2) is 0 Å². The van der Waals surface area contributed by atoms with E-state index in [4.69, 9.17) is 4.42 Å². The molecule has 3 heterocycles. The van der Waals surface area contributed by atoms with Gasteiger partial charge < -0.3 is 14.2 Å². The van der Waals surface area contributed by atoms with E-state index in [0.717, 1.165) is 5.52 Å². The van der Waals surface area contributed by atoms with Gasteiger partial charge in [-0.3, -0.25) is 19.6 Å². The van der Waals surface area contributed by atoms with Gasteiger partial charge in [-0.15, -0.1) is 0 Å². The third kappa shape index (κ3) is 2.96. The highest BCUT2D eigenvalue weighted by atomic mass is 16.3. The first kappa shape index (κ1) is 15.3. The van der Waals surface area contributed by atoms with Crippen molar-refractivity contribution in [1.82, 2.24) is 19.8 Å². The Bertz CT molecular complexity index is 915. The molecule has 3 aromatic rings. The van der Waals surface area contributed by atoms with Crippen LogP contribution in [0.3, 0.4) is 0 Å². The van der Waals surface area contributed by atoms with Crippen LogP contribution in [0.25, 0.3) is 11.0 Å². The van der Waals surface area contributed by atoms with Gasteiger partial charge in [0.05, 0.1) is 17.3 Å². The normalized spacial score (nSPS) is 14.7. The number of carbonyl (C=O) groups is 2. The van der Waals surface area contributed by atoms with Crippen molar-refractivity contribution in [3.63, 3.8) is 0 Å². The number of hydrogen-bond acceptors (Lipinski definition) is 5. The molecule has 1 aliphatic rings. The van der Waals surface area contributed by atoms with Gasteiger partial charge in [-0.05, 0) is 30.3 Å². The van der Waals surface area contributed by atoms with Crippen LogP contribution in [-0.4, -0.2) is 57.8 Å². The molecule has 1 fully saturated rings. The van der Waals surface area contributed by atoms with Gasteiger partial charge in [0.1, 0.15) is 0 Å². The van der Waals surface area contributed by atoms with Crippen LogP contribution in [0.15, 0.2) is 53.4 Å². The maximum Gasteiger partial charge on any atom is 0.289 e. The zero-order valence-corrected chi connectivity index (χ0v) is 13.5. The Hall–Kier alpha value is -3.22. The standard InChI is InChI=1S/C18H16N4O3/c23-17(13-3-4-14-15(12-13)20-6-5-19-14)21-7-9-22(10-8-21)18(24)16-2-1-11-25-16/h1-6,11-12H,7-10H2. The van der Waals surface area contributed by atoms with E-state index in [9.17, 15) is 9.59 Å². The number of aromatic nitrogens is 2. The van der Waals surface area contributed by atoms with Gasteiger partial charge in [0.15, 0.2) is 5.76 Å². The number of carbonyl (C=O) groups excluding carboxylic acids is 2. The lowest BCUT2D eigenvalue weighted by Gasteiger charge is -2.34. The molecule has 0 aliphatic carbocycles. The number of piperazine rings is 1. The molecule has 0 atom stereocenters. The van der Waals surface area contributed by atoms with Crippen LogP contribution in [0.2, 0.25) is 0 Å². The molecule has 2 aromatic heterocycles. The minimum absolute atomic E-state index is 0.0577. The minimum atomic E-state index is -0.141. The highest BCUT2D eigenvalue weighted by Crippen LogP contribution is 2.15. The van der Waals surface area contributed by atoms with Crippen molar-refractivity contribution in [3.05, 3.63) is 60.3 Å². The van der Waals surface area contributed by atoms with E-state index in [2.05, 4.69) is 9.97 Å². The summed E-state index contributed by atoms with van der Waals surface area (Å²) < 4.78 is 5.15. The second-order valence-corrected chi connectivity index (χ2v) is 5.82. The summed E-state index contributed by atoms with van der Waals surface area (Å²) in [7, 11) is 0. The lowest BCUT2D eigenvalue weighted by molar-refractivity contribution is 0.0518. The van der Waals surface area contributed by atoms with Crippen molar-refractivity contribution in [3.8, 4) is 0 Å². The van der Waals surface area contributed by atoms with Gasteiger partial charge in [-0.1, -0.05) is 0 Å². The van der Waals surface area contributed by atoms with E-state index in [0.29, 0.717) is 43.0 Å². The average molecular weight is 336 g/mol. The van der Waals surface area contributed by atoms with Crippen LogP contribution in [-0.2, 0) is 0 Å². The average Bonchev–Trinajstić information content (AvgIpc) is 3.21. The van der Waals surface area contributed by atoms with Crippen LogP contribution < -0.4 is 0 Å². The van der Waals surface area contributed by atoms with Crippen LogP contribution in [0, 0.1) is 0 Å². The Kier molecular flexibility index (Phi) is 3.89. The van der Waals surface area contributed by atoms with Crippen LogP contribution >= 0.6 is 0 Å². The Morgan fingerprint density at radius 3 is 2.24 bits per heavy atom. The molecule has 4 rings (SSSR count). The zero-order valence-electron chi connectivity index (χ0n) is 13.5. The smallest absolute Gasteiger partial charge is 0.289 e. The maximum atomic E-state index is 12.7. The first-order chi connectivity index (χ1) is 12.2. The van der Waals surface area contributed by atoms with Crippen molar-refractivity contribution < 1.29 is 14.0 Å². The third-order valence-electron chi connectivity index (χ3n) is 4.30. The summed E-state index contributed by atoms with van der Waals surface area (Å²) in [5.41, 5.74) is 2.03. The zero-order chi connectivity index (χ0) is 17.2. The molecular weight excluding hydrogens is 320 g/mol. The fourth-order valence-corrected chi connectivity index (χ4v) is 2.95. The van der Waals surface area contributed by atoms with Gasteiger partial charge in [0, 0.05) is 44.1 Å². The van der Waals surface area contributed by atoms with Crippen molar-refractivity contribution in [2.75, 3.05) is 26.2 Å². The number of furan rings is 1. The quantitative estimate of drug-likeness (QED) is 0.713. The van der Waals surface area contributed by atoms with E-state index in [1.165, 1.54) is 6.26 Å². The van der Waals surface area contributed by atoms with Crippen molar-refractivity contribution in [2.45, 2.75) is 0 Å². The van der Waals surface area contributed by atoms with E-state index < -0.39 is 0 Å². The molecule has 0 radical (unpaired) electrons. The molecule has 1 aliphatic heterocycles. The van der Waals surface area contributed by atoms with E-state index in [1.54, 1.807) is 52.5 Å². The van der Waals surface area contributed by atoms with Gasteiger partial charge >= 0.3 is 0 Å². The third-order valence-corrected chi connectivity index (χ3v) is 4.30. The summed E-state index contributed by atoms with van der Waals surface area (Å²) in [5.74, 6) is 0.128. The predicted octanol–water partition coefficient (Wildman–Crippen LogP) is 1.82. The van der Waals surface area contributed by atoms with Gasteiger partial charge in [0.25, 0.3) is 11.8 Å². The molecule has 0 unspecified atom stereocenters. The molecule has 0 N–H and O–H groups in total. The largest absolute Gasteiger partial charge is 0.459 e. The fourth-order valence-electron chi connectivity index (χ4n) is 2.95. The predicted molar refractivity (Wildman–Crippen MR) is 90.1 cm³/mol. The Morgan fingerprint density at radius 2 is 1.56 bits per heavy atom. The number of amides is 2. The Balaban J connectivity index is 1.44. The highest BCUT2D eigenvalue weighted by Gasteiger charge is 2.26. The molecular formula is C18H16N4O3. The summed E-state index contributed by atoms with van der Waals surface area (Å²) in [6.07, 6.45) is 4.71. The second kappa shape index (κ2) is 6.35. The maximum absolute atomic E-state index is 12.7. The molecule has 2 amide bonds. The first-order valence-corrected chi connectivity index (χ1v) is 8.05. The lowest BCUT2D eigenvalue weighted by Crippen LogP contribution is -2.50. The van der Waals surface area contributed by atoms with Gasteiger partial charge in [-0.2, -0.15) is 0 Å². The number of rotatable bonds is 2. The first-order valence-electron chi connectivity index (χ1n) is 8.05. The molecule has 1 saturated heterocycles. The molecule has 25 heavy (non-hydrogen) atoms. The minimum Gasteiger partial charge on any atom is -0.459 e. The van der Waals surface area contributed by atoms with Crippen molar-refractivity contribution >= 4 is 22.8 Å². The number of hydrogen-bond donors (Lipinski definition) is 0. The molecule has 1 aromatic carbocycles. The monoisotopic (exact) mass is 336 g/mol. The topological polar surface area (TPSA) is 79.5 Å². The Labute approximate surface area is 143 Å². The number of fused-ring (bicyclic) bond motifs is 1. The van der Waals surface area contributed by atoms with E-state index in [-0.39, 0.29) is 11.8 Å². The molecule has 126 valence electrons. The SMILES string of the molecule is O=C(c1ccc2nccnc2c1)N1CCN(C(=O)c2ccco2)CC1. The lowest BCUT2D eigenvalue weighted by atomic mass is 10.1. The highest BCUT2D eigenvalue weighted by molar-refractivity contribution is 5.97. The Morgan fingerprint density at radius 1 is 0.880 bits per heavy atom. The number of benzene rings is 1. The van der Waals surface area contributed by atoms with Crippen LogP contribution in [0.4, 0.5) is 0 Å². The molecule has 0 spiro atoms. The summed E-state index contributed by atoms with van der Waals surface area (Å²) in [6, 6.07) is 8.66. The van der Waals surface area contributed by atoms with E-state index >= 15 is 0 Å². The fraction of sp³-hybridized carbons (Fsp3) is 0.222. The number of nitrogens with zero attached hydrogens (tertiary/aromatic N) is 4.